The largest absolute Gasteiger partial charge is 0.483 e. The fraction of sp³-hybridized carbons (Fsp3) is 0.500. The minimum absolute atomic E-state index is 0.0531. The summed E-state index contributed by atoms with van der Waals surface area (Å²) < 4.78 is 6.02. The molecule has 2 atom stereocenters. The Labute approximate surface area is 199 Å². The minimum Gasteiger partial charge on any atom is -0.483 e. The molecule has 0 aliphatic rings. The second-order valence-electron chi connectivity index (χ2n) is 9.79. The molecule has 180 valence electrons. The van der Waals surface area contributed by atoms with Gasteiger partial charge in [0.05, 0.1) is 0 Å². The van der Waals surface area contributed by atoms with Crippen LogP contribution in [0.25, 0.3) is 0 Å². The van der Waals surface area contributed by atoms with Crippen molar-refractivity contribution in [2.24, 2.45) is 0 Å². The molecule has 0 aliphatic carbocycles. The summed E-state index contributed by atoms with van der Waals surface area (Å²) in [5, 5.41) is 3.04. The summed E-state index contributed by atoms with van der Waals surface area (Å²) >= 11 is 0. The van der Waals surface area contributed by atoms with E-state index in [4.69, 9.17) is 4.74 Å². The number of hydrogen-bond donors (Lipinski definition) is 1. The number of rotatable bonds is 10. The molecule has 0 saturated carbocycles. The van der Waals surface area contributed by atoms with Gasteiger partial charge in [0.25, 0.3) is 5.91 Å². The lowest BCUT2D eigenvalue weighted by molar-refractivity contribution is -0.143. The van der Waals surface area contributed by atoms with Crippen LogP contribution in [0.5, 0.6) is 5.75 Å². The molecule has 0 aliphatic heterocycles. The molecule has 0 bridgehead atoms. The Morgan fingerprint density at radius 2 is 1.73 bits per heavy atom. The molecule has 0 radical (unpaired) electrons. The molecule has 0 unspecified atom stereocenters. The van der Waals surface area contributed by atoms with Gasteiger partial charge >= 0.3 is 0 Å². The fourth-order valence-electron chi connectivity index (χ4n) is 3.80. The van der Waals surface area contributed by atoms with Crippen molar-refractivity contribution in [2.75, 3.05) is 6.61 Å². The van der Waals surface area contributed by atoms with Gasteiger partial charge in [-0.15, -0.1) is 0 Å². The lowest BCUT2D eigenvalue weighted by Crippen LogP contribution is -2.51. The lowest BCUT2D eigenvalue weighted by Gasteiger charge is -2.32. The van der Waals surface area contributed by atoms with Crippen LogP contribution >= 0.6 is 0 Å². The van der Waals surface area contributed by atoms with Gasteiger partial charge in [-0.25, -0.2) is 0 Å². The zero-order valence-corrected chi connectivity index (χ0v) is 21.3. The Kier molecular flexibility index (Phi) is 9.51. The van der Waals surface area contributed by atoms with E-state index in [9.17, 15) is 9.59 Å². The molecule has 5 nitrogen and oxygen atoms in total. The van der Waals surface area contributed by atoms with Crippen LogP contribution in [0.2, 0.25) is 0 Å². The number of aryl methyl sites for hydroxylation is 1. The summed E-state index contributed by atoms with van der Waals surface area (Å²) in [5.74, 6) is 0.375. The maximum Gasteiger partial charge on any atom is 0.261 e. The van der Waals surface area contributed by atoms with E-state index in [1.54, 1.807) is 4.90 Å². The third kappa shape index (κ3) is 7.62. The van der Waals surface area contributed by atoms with Crippen LogP contribution < -0.4 is 10.1 Å². The summed E-state index contributed by atoms with van der Waals surface area (Å²) in [7, 11) is 0. The molecule has 2 amide bonds. The topological polar surface area (TPSA) is 58.6 Å². The van der Waals surface area contributed by atoms with Crippen LogP contribution in [0.3, 0.4) is 0 Å². The highest BCUT2D eigenvalue weighted by Gasteiger charge is 2.30. The Balaban J connectivity index is 2.28. The Bertz CT molecular complexity index is 933. The number of benzene rings is 2. The molecule has 5 heteroatoms. The number of nitrogens with one attached hydrogen (secondary N) is 1. The molecule has 0 heterocycles. The van der Waals surface area contributed by atoms with E-state index in [0.29, 0.717) is 18.7 Å². The van der Waals surface area contributed by atoms with E-state index in [0.717, 1.165) is 23.1 Å². The highest BCUT2D eigenvalue weighted by atomic mass is 16.5. The molecule has 33 heavy (non-hydrogen) atoms. The highest BCUT2D eigenvalue weighted by Crippen LogP contribution is 2.31. The second-order valence-corrected chi connectivity index (χ2v) is 9.79. The number of ether oxygens (including phenoxy) is 1. The van der Waals surface area contributed by atoms with E-state index in [2.05, 4.69) is 32.2 Å². The van der Waals surface area contributed by atoms with Gasteiger partial charge in [0.1, 0.15) is 11.8 Å². The minimum atomic E-state index is -0.562. The summed E-state index contributed by atoms with van der Waals surface area (Å²) in [6.45, 7) is 14.6. The van der Waals surface area contributed by atoms with Gasteiger partial charge in [-0.2, -0.15) is 0 Å². The molecule has 2 aromatic rings. The predicted molar refractivity (Wildman–Crippen MR) is 134 cm³/mol. The zero-order valence-electron chi connectivity index (χ0n) is 21.3. The van der Waals surface area contributed by atoms with Gasteiger partial charge in [0, 0.05) is 12.6 Å². The Morgan fingerprint density at radius 3 is 2.33 bits per heavy atom. The molecule has 2 aromatic carbocycles. The average Bonchev–Trinajstić information content (AvgIpc) is 2.76. The number of nitrogens with zero attached hydrogens (tertiary/aromatic N) is 1. The SMILES string of the molecule is CC[C@H](C(=O)N[C@@H](C)CC)N(Cc1cccc(C)c1)C(=O)COc1ccccc1C(C)(C)C. The van der Waals surface area contributed by atoms with Crippen molar-refractivity contribution in [1.29, 1.82) is 0 Å². The maximum atomic E-state index is 13.4. The van der Waals surface area contributed by atoms with Crippen molar-refractivity contribution < 1.29 is 14.3 Å². The van der Waals surface area contributed by atoms with Crippen molar-refractivity contribution in [3.63, 3.8) is 0 Å². The molecule has 0 saturated heterocycles. The van der Waals surface area contributed by atoms with Crippen LogP contribution in [0.15, 0.2) is 48.5 Å². The Hall–Kier alpha value is -2.82. The van der Waals surface area contributed by atoms with Gasteiger partial charge < -0.3 is 15.0 Å². The van der Waals surface area contributed by atoms with Crippen molar-refractivity contribution in [3.8, 4) is 5.75 Å². The quantitative estimate of drug-likeness (QED) is 0.526. The van der Waals surface area contributed by atoms with E-state index < -0.39 is 6.04 Å². The first-order valence-corrected chi connectivity index (χ1v) is 11.9. The maximum absolute atomic E-state index is 13.4. The van der Waals surface area contributed by atoms with Gasteiger partial charge in [-0.1, -0.05) is 82.6 Å². The van der Waals surface area contributed by atoms with Gasteiger partial charge in [0.15, 0.2) is 6.61 Å². The summed E-state index contributed by atoms with van der Waals surface area (Å²) in [5.41, 5.74) is 3.05. The van der Waals surface area contributed by atoms with Crippen LogP contribution in [0, 0.1) is 6.92 Å². The number of para-hydroxylation sites is 1. The van der Waals surface area contributed by atoms with Crippen molar-refractivity contribution in [3.05, 3.63) is 65.2 Å². The molecule has 0 aromatic heterocycles. The van der Waals surface area contributed by atoms with Crippen molar-refractivity contribution in [2.45, 2.75) is 85.4 Å². The predicted octanol–water partition coefficient (Wildman–Crippen LogP) is 5.39. The molecule has 1 N–H and O–H groups in total. The molecular formula is C28H40N2O3. The third-order valence-electron chi connectivity index (χ3n) is 5.87. The van der Waals surface area contributed by atoms with Crippen molar-refractivity contribution >= 4 is 11.8 Å². The first kappa shape index (κ1) is 26.4. The smallest absolute Gasteiger partial charge is 0.261 e. The average molecular weight is 453 g/mol. The third-order valence-corrected chi connectivity index (χ3v) is 5.87. The normalized spacial score (nSPS) is 13.2. The van der Waals surface area contributed by atoms with Crippen LogP contribution in [-0.2, 0) is 21.5 Å². The van der Waals surface area contributed by atoms with E-state index in [-0.39, 0.29) is 29.9 Å². The van der Waals surface area contributed by atoms with E-state index in [1.807, 2.05) is 70.2 Å². The summed E-state index contributed by atoms with van der Waals surface area (Å²) in [4.78, 5) is 28.2. The molecular weight excluding hydrogens is 412 g/mol. The van der Waals surface area contributed by atoms with Crippen molar-refractivity contribution in [1.82, 2.24) is 10.2 Å². The summed E-state index contributed by atoms with van der Waals surface area (Å²) in [6.07, 6.45) is 1.36. The van der Waals surface area contributed by atoms with E-state index in [1.165, 1.54) is 0 Å². The van der Waals surface area contributed by atoms with Crippen LogP contribution in [0.4, 0.5) is 0 Å². The van der Waals surface area contributed by atoms with Gasteiger partial charge in [-0.3, -0.25) is 9.59 Å². The number of carbonyl (C=O) groups is 2. The number of hydrogen-bond acceptors (Lipinski definition) is 3. The fourth-order valence-corrected chi connectivity index (χ4v) is 3.80. The number of carbonyl (C=O) groups excluding carboxylic acids is 2. The Morgan fingerprint density at radius 1 is 1.03 bits per heavy atom. The standard InChI is InChI=1S/C28H40N2O3/c1-8-21(4)29-27(32)24(9-2)30(18-22-14-12-13-20(3)17-22)26(31)19-33-25-16-11-10-15-23(25)28(5,6)7/h10-17,21,24H,8-9,18-19H2,1-7H3,(H,29,32)/t21-,24+/m0/s1. The monoisotopic (exact) mass is 452 g/mol. The van der Waals surface area contributed by atoms with Gasteiger partial charge in [0.2, 0.25) is 5.91 Å². The van der Waals surface area contributed by atoms with Crippen LogP contribution in [-0.4, -0.2) is 35.4 Å². The first-order valence-electron chi connectivity index (χ1n) is 11.9. The van der Waals surface area contributed by atoms with Crippen LogP contribution in [0.1, 0.15) is 71.1 Å². The lowest BCUT2D eigenvalue weighted by atomic mass is 9.86. The number of amides is 2. The molecule has 0 fully saturated rings. The second kappa shape index (κ2) is 11.9. The van der Waals surface area contributed by atoms with Gasteiger partial charge in [-0.05, 0) is 49.3 Å². The highest BCUT2D eigenvalue weighted by molar-refractivity contribution is 5.88. The zero-order chi connectivity index (χ0) is 24.6. The first-order chi connectivity index (χ1) is 15.6. The van der Waals surface area contributed by atoms with E-state index >= 15 is 0 Å². The molecule has 0 spiro atoms. The summed E-state index contributed by atoms with van der Waals surface area (Å²) in [6, 6.07) is 15.3. The molecule has 2 rings (SSSR count).